The molecule has 3 N–H and O–H groups in total. The van der Waals surface area contributed by atoms with Gasteiger partial charge in [0.1, 0.15) is 10.7 Å². The fourth-order valence-electron chi connectivity index (χ4n) is 1.85. The lowest BCUT2D eigenvalue weighted by atomic mass is 10.3. The van der Waals surface area contributed by atoms with Gasteiger partial charge in [-0.3, -0.25) is 9.80 Å². The van der Waals surface area contributed by atoms with E-state index in [1.165, 1.54) is 11.5 Å². The molecule has 90 valence electrons. The largest absolute Gasteiger partial charge is 0.395 e. The Morgan fingerprint density at radius 2 is 1.94 bits per heavy atom. The third-order valence-electron chi connectivity index (χ3n) is 2.84. The van der Waals surface area contributed by atoms with Crippen LogP contribution in [0.4, 0.5) is 5.00 Å². The Morgan fingerprint density at radius 3 is 2.50 bits per heavy atom. The molecule has 0 aliphatic carbocycles. The van der Waals surface area contributed by atoms with Crippen LogP contribution in [-0.4, -0.2) is 63.8 Å². The molecule has 2 rings (SSSR count). The SMILES string of the molecule is Nc1snnc1CN1CCN(CCO)CC1. The topological polar surface area (TPSA) is 78.5 Å². The van der Waals surface area contributed by atoms with Gasteiger partial charge in [0, 0.05) is 50.8 Å². The highest BCUT2D eigenvalue weighted by molar-refractivity contribution is 7.09. The molecule has 6 nitrogen and oxygen atoms in total. The van der Waals surface area contributed by atoms with Crippen LogP contribution >= 0.6 is 11.5 Å². The van der Waals surface area contributed by atoms with Crippen molar-refractivity contribution in [3.8, 4) is 0 Å². The lowest BCUT2D eigenvalue weighted by molar-refractivity contribution is 0.108. The first-order valence-corrected chi connectivity index (χ1v) is 6.19. The molecule has 1 fully saturated rings. The highest BCUT2D eigenvalue weighted by Gasteiger charge is 2.18. The van der Waals surface area contributed by atoms with Gasteiger partial charge in [-0.05, 0) is 0 Å². The zero-order valence-corrected chi connectivity index (χ0v) is 9.99. The molecule has 0 amide bonds. The molecule has 0 saturated carbocycles. The molecule has 1 saturated heterocycles. The maximum Gasteiger partial charge on any atom is 0.132 e. The molecule has 1 aliphatic heterocycles. The number of hydrogen-bond acceptors (Lipinski definition) is 7. The smallest absolute Gasteiger partial charge is 0.132 e. The normalized spacial score (nSPS) is 19.1. The number of aliphatic hydroxyl groups is 1. The Balaban J connectivity index is 1.79. The van der Waals surface area contributed by atoms with E-state index in [0.717, 1.165) is 50.0 Å². The van der Waals surface area contributed by atoms with Gasteiger partial charge in [-0.2, -0.15) is 0 Å². The van der Waals surface area contributed by atoms with E-state index in [1.54, 1.807) is 0 Å². The summed E-state index contributed by atoms with van der Waals surface area (Å²) in [6, 6.07) is 0. The molecular formula is C9H17N5OS. The van der Waals surface area contributed by atoms with Crippen LogP contribution in [0.3, 0.4) is 0 Å². The second kappa shape index (κ2) is 5.53. The van der Waals surface area contributed by atoms with Crippen molar-refractivity contribution in [2.24, 2.45) is 0 Å². The van der Waals surface area contributed by atoms with Crippen molar-refractivity contribution >= 4 is 16.5 Å². The maximum absolute atomic E-state index is 8.84. The summed E-state index contributed by atoms with van der Waals surface area (Å²) >= 11 is 1.25. The van der Waals surface area contributed by atoms with E-state index in [1.807, 2.05) is 0 Å². The summed E-state index contributed by atoms with van der Waals surface area (Å²) in [5.74, 6) is 0. The van der Waals surface area contributed by atoms with Crippen molar-refractivity contribution in [3.63, 3.8) is 0 Å². The molecule has 0 radical (unpaired) electrons. The number of piperazine rings is 1. The molecule has 1 aromatic rings. The molecular weight excluding hydrogens is 226 g/mol. The second-order valence-corrected chi connectivity index (χ2v) is 4.71. The van der Waals surface area contributed by atoms with E-state index in [4.69, 9.17) is 10.8 Å². The summed E-state index contributed by atoms with van der Waals surface area (Å²) in [5, 5.41) is 13.6. The molecule has 0 atom stereocenters. The minimum absolute atomic E-state index is 0.239. The Hall–Kier alpha value is -0.760. The average molecular weight is 243 g/mol. The predicted molar refractivity (Wildman–Crippen MR) is 63.1 cm³/mol. The summed E-state index contributed by atoms with van der Waals surface area (Å²) < 4.78 is 3.83. The number of β-amino-alcohol motifs (C(OH)–C–C–N with tert-alkyl or cyclic N) is 1. The van der Waals surface area contributed by atoms with Crippen molar-refractivity contribution in [1.82, 2.24) is 19.4 Å². The number of anilines is 1. The van der Waals surface area contributed by atoms with Crippen molar-refractivity contribution in [2.75, 3.05) is 45.1 Å². The Labute approximate surface area is 98.8 Å². The van der Waals surface area contributed by atoms with Crippen molar-refractivity contribution in [1.29, 1.82) is 0 Å². The number of hydrogen-bond donors (Lipinski definition) is 2. The number of nitrogens with two attached hydrogens (primary N) is 1. The highest BCUT2D eigenvalue weighted by atomic mass is 32.1. The zero-order chi connectivity index (χ0) is 11.4. The predicted octanol–water partition coefficient (Wildman–Crippen LogP) is -0.770. The van der Waals surface area contributed by atoms with E-state index in [0.29, 0.717) is 0 Å². The molecule has 0 aromatic carbocycles. The first kappa shape index (κ1) is 11.7. The highest BCUT2D eigenvalue weighted by Crippen LogP contribution is 2.15. The minimum atomic E-state index is 0.239. The fraction of sp³-hybridized carbons (Fsp3) is 0.778. The van der Waals surface area contributed by atoms with E-state index >= 15 is 0 Å². The standard InChI is InChI=1S/C9H17N5OS/c10-9-8(11-12-16-9)7-14-3-1-13(2-4-14)5-6-15/h15H,1-7,10H2. The van der Waals surface area contributed by atoms with Crippen LogP contribution < -0.4 is 5.73 Å². The molecule has 0 bridgehead atoms. The van der Waals surface area contributed by atoms with Gasteiger partial charge >= 0.3 is 0 Å². The van der Waals surface area contributed by atoms with Gasteiger partial charge in [0.2, 0.25) is 0 Å². The number of aliphatic hydroxyl groups excluding tert-OH is 1. The Kier molecular flexibility index (Phi) is 4.05. The monoisotopic (exact) mass is 243 g/mol. The first-order valence-electron chi connectivity index (χ1n) is 5.42. The molecule has 2 heterocycles. The number of nitrogens with zero attached hydrogens (tertiary/aromatic N) is 4. The molecule has 0 unspecified atom stereocenters. The van der Waals surface area contributed by atoms with Crippen LogP contribution in [0.25, 0.3) is 0 Å². The average Bonchev–Trinajstić information content (AvgIpc) is 2.68. The second-order valence-electron chi connectivity index (χ2n) is 3.93. The summed E-state index contributed by atoms with van der Waals surface area (Å²) in [6.07, 6.45) is 0. The van der Waals surface area contributed by atoms with Gasteiger partial charge in [-0.15, -0.1) is 5.10 Å². The zero-order valence-electron chi connectivity index (χ0n) is 9.17. The van der Waals surface area contributed by atoms with E-state index < -0.39 is 0 Å². The van der Waals surface area contributed by atoms with Crippen LogP contribution in [0.2, 0.25) is 0 Å². The van der Waals surface area contributed by atoms with Gasteiger partial charge in [-0.1, -0.05) is 4.49 Å². The first-order chi connectivity index (χ1) is 7.79. The molecule has 7 heteroatoms. The summed E-state index contributed by atoms with van der Waals surface area (Å²) in [5.41, 5.74) is 6.65. The van der Waals surface area contributed by atoms with Gasteiger partial charge in [0.25, 0.3) is 0 Å². The lowest BCUT2D eigenvalue weighted by Crippen LogP contribution is -2.46. The summed E-state index contributed by atoms with van der Waals surface area (Å²) in [6.45, 7) is 5.79. The van der Waals surface area contributed by atoms with Crippen LogP contribution in [0.5, 0.6) is 0 Å². The van der Waals surface area contributed by atoms with Crippen molar-refractivity contribution in [3.05, 3.63) is 5.69 Å². The third-order valence-corrected chi connectivity index (χ3v) is 3.44. The van der Waals surface area contributed by atoms with Gasteiger partial charge in [0.05, 0.1) is 6.61 Å². The van der Waals surface area contributed by atoms with Crippen molar-refractivity contribution < 1.29 is 5.11 Å². The van der Waals surface area contributed by atoms with E-state index in [2.05, 4.69) is 19.4 Å². The third kappa shape index (κ3) is 2.88. The summed E-state index contributed by atoms with van der Waals surface area (Å²) in [4.78, 5) is 4.58. The van der Waals surface area contributed by atoms with Gasteiger partial charge in [-0.25, -0.2) is 0 Å². The Bertz CT molecular complexity index is 323. The van der Waals surface area contributed by atoms with Gasteiger partial charge in [0.15, 0.2) is 0 Å². The van der Waals surface area contributed by atoms with Crippen LogP contribution in [0, 0.1) is 0 Å². The summed E-state index contributed by atoms with van der Waals surface area (Å²) in [7, 11) is 0. The number of nitrogen functional groups attached to an aromatic ring is 1. The van der Waals surface area contributed by atoms with Gasteiger partial charge < -0.3 is 10.8 Å². The maximum atomic E-state index is 8.84. The number of rotatable bonds is 4. The van der Waals surface area contributed by atoms with Crippen LogP contribution in [0.15, 0.2) is 0 Å². The fourth-order valence-corrected chi connectivity index (χ4v) is 2.29. The van der Waals surface area contributed by atoms with Crippen LogP contribution in [-0.2, 0) is 6.54 Å². The molecule has 1 aliphatic rings. The van der Waals surface area contributed by atoms with E-state index in [9.17, 15) is 0 Å². The number of aromatic nitrogens is 2. The lowest BCUT2D eigenvalue weighted by Gasteiger charge is -2.33. The molecule has 0 spiro atoms. The molecule has 16 heavy (non-hydrogen) atoms. The Morgan fingerprint density at radius 1 is 1.25 bits per heavy atom. The van der Waals surface area contributed by atoms with E-state index in [-0.39, 0.29) is 6.61 Å². The van der Waals surface area contributed by atoms with Crippen LogP contribution in [0.1, 0.15) is 5.69 Å². The quantitative estimate of drug-likeness (QED) is 0.723. The van der Waals surface area contributed by atoms with Crippen molar-refractivity contribution in [2.45, 2.75) is 6.54 Å². The minimum Gasteiger partial charge on any atom is -0.395 e. The molecule has 1 aromatic heterocycles.